The second-order valence-electron chi connectivity index (χ2n) is 6.71. The number of para-hydroxylation sites is 1. The number of amides is 1. The number of aliphatic carboxylic acids is 1. The predicted octanol–water partition coefficient (Wildman–Crippen LogP) is 3.39. The van der Waals surface area contributed by atoms with Crippen LogP contribution in [0.3, 0.4) is 0 Å². The first-order valence-electron chi connectivity index (χ1n) is 8.70. The normalized spacial score (nSPS) is 17.3. The summed E-state index contributed by atoms with van der Waals surface area (Å²) in [6.45, 7) is 0. The molecule has 0 spiro atoms. The molecule has 1 heterocycles. The van der Waals surface area contributed by atoms with Crippen LogP contribution in [-0.4, -0.2) is 27.5 Å². The summed E-state index contributed by atoms with van der Waals surface area (Å²) in [5.74, 6) is -1.07. The highest BCUT2D eigenvalue weighted by Gasteiger charge is 2.39. The van der Waals surface area contributed by atoms with Crippen LogP contribution < -0.4 is 5.32 Å². The molecule has 128 valence electrons. The summed E-state index contributed by atoms with van der Waals surface area (Å²) in [4.78, 5) is 27.3. The number of carbonyl (C=O) groups excluding carboxylic acids is 1. The molecule has 0 aliphatic heterocycles. The number of aromatic nitrogens is 1. The van der Waals surface area contributed by atoms with Crippen LogP contribution in [0.4, 0.5) is 0 Å². The van der Waals surface area contributed by atoms with E-state index >= 15 is 0 Å². The van der Waals surface area contributed by atoms with Gasteiger partial charge in [-0.25, -0.2) is 4.79 Å². The number of hydrogen-bond donors (Lipinski definition) is 3. The second-order valence-corrected chi connectivity index (χ2v) is 6.71. The van der Waals surface area contributed by atoms with Crippen LogP contribution in [0.25, 0.3) is 10.9 Å². The maximum Gasteiger partial charge on any atom is 0.329 e. The summed E-state index contributed by atoms with van der Waals surface area (Å²) in [7, 11) is 0. The summed E-state index contributed by atoms with van der Waals surface area (Å²) < 4.78 is 0. The van der Waals surface area contributed by atoms with Gasteiger partial charge in [-0.15, -0.1) is 0 Å². The minimum Gasteiger partial charge on any atom is -0.480 e. The van der Waals surface area contributed by atoms with Gasteiger partial charge in [0.15, 0.2) is 0 Å². The van der Waals surface area contributed by atoms with E-state index in [-0.39, 0.29) is 5.91 Å². The van der Waals surface area contributed by atoms with Gasteiger partial charge in [0, 0.05) is 23.5 Å². The molecule has 3 N–H and O–H groups in total. The Hall–Kier alpha value is -2.30. The molecule has 1 aromatic carbocycles. The molecule has 1 fully saturated rings. The number of nitrogens with one attached hydrogen (secondary N) is 2. The van der Waals surface area contributed by atoms with E-state index in [1.54, 1.807) is 0 Å². The van der Waals surface area contributed by atoms with E-state index in [1.807, 2.05) is 30.5 Å². The Bertz CT molecular complexity index is 727. The third-order valence-corrected chi connectivity index (χ3v) is 5.04. The molecule has 0 bridgehead atoms. The van der Waals surface area contributed by atoms with Crippen LogP contribution in [-0.2, 0) is 16.0 Å². The number of rotatable bonds is 5. The Morgan fingerprint density at radius 2 is 1.83 bits per heavy atom. The molecule has 3 rings (SSSR count). The van der Waals surface area contributed by atoms with Gasteiger partial charge in [0.05, 0.1) is 0 Å². The van der Waals surface area contributed by atoms with Crippen LogP contribution in [0.5, 0.6) is 0 Å². The van der Waals surface area contributed by atoms with Crippen molar-refractivity contribution in [3.8, 4) is 0 Å². The number of carboxylic acids is 1. The molecule has 1 aliphatic rings. The summed E-state index contributed by atoms with van der Waals surface area (Å²) >= 11 is 0. The fourth-order valence-electron chi connectivity index (χ4n) is 3.64. The van der Waals surface area contributed by atoms with Gasteiger partial charge in [0.25, 0.3) is 0 Å². The molecule has 0 atom stereocenters. The van der Waals surface area contributed by atoms with E-state index in [9.17, 15) is 14.7 Å². The molecule has 1 aliphatic carbocycles. The molecule has 1 aromatic heterocycles. The lowest BCUT2D eigenvalue weighted by atomic mass is 9.90. The van der Waals surface area contributed by atoms with E-state index in [0.717, 1.165) is 42.1 Å². The molecule has 0 unspecified atom stereocenters. The van der Waals surface area contributed by atoms with Crippen molar-refractivity contribution in [2.45, 2.75) is 56.9 Å². The number of aromatic amines is 1. The zero-order valence-electron chi connectivity index (χ0n) is 13.8. The zero-order chi connectivity index (χ0) is 17.0. The molecule has 5 nitrogen and oxygen atoms in total. The van der Waals surface area contributed by atoms with Crippen molar-refractivity contribution in [1.82, 2.24) is 10.3 Å². The third kappa shape index (κ3) is 3.45. The van der Waals surface area contributed by atoms with Crippen molar-refractivity contribution in [1.29, 1.82) is 0 Å². The minimum atomic E-state index is -1.08. The first-order valence-corrected chi connectivity index (χ1v) is 8.70. The van der Waals surface area contributed by atoms with Gasteiger partial charge in [-0.2, -0.15) is 0 Å². The highest BCUT2D eigenvalue weighted by atomic mass is 16.4. The molecule has 24 heavy (non-hydrogen) atoms. The minimum absolute atomic E-state index is 0.176. The van der Waals surface area contributed by atoms with Crippen LogP contribution in [0.15, 0.2) is 30.5 Å². The fraction of sp³-hybridized carbons (Fsp3) is 0.474. The third-order valence-electron chi connectivity index (χ3n) is 5.04. The van der Waals surface area contributed by atoms with Gasteiger partial charge >= 0.3 is 5.97 Å². The smallest absolute Gasteiger partial charge is 0.329 e. The predicted molar refractivity (Wildman–Crippen MR) is 92.8 cm³/mol. The summed E-state index contributed by atoms with van der Waals surface area (Å²) in [6, 6.07) is 7.98. The molecule has 1 amide bonds. The van der Waals surface area contributed by atoms with Crippen LogP contribution in [0.2, 0.25) is 0 Å². The highest BCUT2D eigenvalue weighted by Crippen LogP contribution is 2.28. The lowest BCUT2D eigenvalue weighted by molar-refractivity contribution is -0.148. The standard InChI is InChI=1S/C19H24N2O3/c22-17(21-19(18(23)24)11-5-1-2-6-12-19)10-9-14-13-20-16-8-4-3-7-15(14)16/h3-4,7-8,13,20H,1-2,5-6,9-12H2,(H,21,22)(H,23,24). The van der Waals surface area contributed by atoms with E-state index in [2.05, 4.69) is 10.3 Å². The van der Waals surface area contributed by atoms with Gasteiger partial charge in [-0.3, -0.25) is 4.79 Å². The SMILES string of the molecule is O=C(CCc1c[nH]c2ccccc12)NC1(C(=O)O)CCCCCC1. The Morgan fingerprint density at radius 1 is 1.12 bits per heavy atom. The Morgan fingerprint density at radius 3 is 2.54 bits per heavy atom. The second kappa shape index (κ2) is 7.07. The number of benzene rings is 1. The maximum absolute atomic E-state index is 12.4. The monoisotopic (exact) mass is 328 g/mol. The number of fused-ring (bicyclic) bond motifs is 1. The van der Waals surface area contributed by atoms with Crippen LogP contribution in [0.1, 0.15) is 50.5 Å². The average molecular weight is 328 g/mol. The fourth-order valence-corrected chi connectivity index (χ4v) is 3.64. The number of carboxylic acid groups (broad SMARTS) is 1. The maximum atomic E-state index is 12.4. The quantitative estimate of drug-likeness (QED) is 0.736. The number of aryl methyl sites for hydroxylation is 1. The molecule has 2 aromatic rings. The van der Waals surface area contributed by atoms with Crippen molar-refractivity contribution in [3.63, 3.8) is 0 Å². The molecule has 0 radical (unpaired) electrons. The Labute approximate surface area is 141 Å². The van der Waals surface area contributed by atoms with E-state index < -0.39 is 11.5 Å². The van der Waals surface area contributed by atoms with Crippen molar-refractivity contribution < 1.29 is 14.7 Å². The molecule has 5 heteroatoms. The molecular weight excluding hydrogens is 304 g/mol. The largest absolute Gasteiger partial charge is 0.480 e. The first kappa shape index (κ1) is 16.6. The lowest BCUT2D eigenvalue weighted by Crippen LogP contribution is -2.54. The van der Waals surface area contributed by atoms with E-state index in [0.29, 0.717) is 25.7 Å². The number of hydrogen-bond acceptors (Lipinski definition) is 2. The Balaban J connectivity index is 1.65. The van der Waals surface area contributed by atoms with Gasteiger partial charge in [-0.1, -0.05) is 43.9 Å². The summed E-state index contributed by atoms with van der Waals surface area (Å²) in [6.07, 6.45) is 7.69. The molecular formula is C19H24N2O3. The topological polar surface area (TPSA) is 82.2 Å². The van der Waals surface area contributed by atoms with Gasteiger partial charge in [0.2, 0.25) is 5.91 Å². The van der Waals surface area contributed by atoms with Gasteiger partial charge < -0.3 is 15.4 Å². The number of H-pyrrole nitrogens is 1. The highest BCUT2D eigenvalue weighted by molar-refractivity contribution is 5.88. The van der Waals surface area contributed by atoms with Crippen molar-refractivity contribution >= 4 is 22.8 Å². The van der Waals surface area contributed by atoms with Crippen LogP contribution in [0, 0.1) is 0 Å². The molecule has 1 saturated carbocycles. The summed E-state index contributed by atoms with van der Waals surface area (Å²) in [5, 5.41) is 13.6. The average Bonchev–Trinajstić information content (AvgIpc) is 2.83. The Kier molecular flexibility index (Phi) is 4.88. The van der Waals surface area contributed by atoms with Crippen molar-refractivity contribution in [3.05, 3.63) is 36.0 Å². The van der Waals surface area contributed by atoms with E-state index in [4.69, 9.17) is 0 Å². The van der Waals surface area contributed by atoms with Crippen LogP contribution >= 0.6 is 0 Å². The number of carbonyl (C=O) groups is 2. The van der Waals surface area contributed by atoms with Crippen molar-refractivity contribution in [2.75, 3.05) is 0 Å². The van der Waals surface area contributed by atoms with Gasteiger partial charge in [0.1, 0.15) is 5.54 Å². The van der Waals surface area contributed by atoms with E-state index in [1.165, 1.54) is 0 Å². The summed E-state index contributed by atoms with van der Waals surface area (Å²) in [5.41, 5.74) is 1.07. The first-order chi connectivity index (χ1) is 11.6. The zero-order valence-corrected chi connectivity index (χ0v) is 13.8. The van der Waals surface area contributed by atoms with Gasteiger partial charge in [-0.05, 0) is 30.9 Å². The van der Waals surface area contributed by atoms with Crippen molar-refractivity contribution in [2.24, 2.45) is 0 Å². The molecule has 0 saturated heterocycles. The lowest BCUT2D eigenvalue weighted by Gasteiger charge is -2.29.